The average Bonchev–Trinajstić information content (AvgIpc) is 2.78. The first-order valence-corrected chi connectivity index (χ1v) is 10.8. The molecule has 0 aromatic heterocycles. The van der Waals surface area contributed by atoms with Crippen molar-refractivity contribution in [3.05, 3.63) is 65.7 Å². The van der Waals surface area contributed by atoms with Crippen LogP contribution in [-0.2, 0) is 17.8 Å². The van der Waals surface area contributed by atoms with Crippen LogP contribution in [0.2, 0.25) is 0 Å². The molecule has 6 nitrogen and oxygen atoms in total. The van der Waals surface area contributed by atoms with Crippen LogP contribution in [0.1, 0.15) is 30.9 Å². The SMILES string of the molecule is CCc1cccc(NC(=O)CNC(=NC)NC2CCN(Cc3ccccc3)CC2)c1.I. The molecule has 1 aliphatic heterocycles. The van der Waals surface area contributed by atoms with Crippen molar-refractivity contribution in [1.29, 1.82) is 0 Å². The highest BCUT2D eigenvalue weighted by molar-refractivity contribution is 14.0. The predicted octanol–water partition coefficient (Wildman–Crippen LogP) is 3.64. The largest absolute Gasteiger partial charge is 0.354 e. The molecule has 0 spiro atoms. The van der Waals surface area contributed by atoms with Gasteiger partial charge in [-0.15, -0.1) is 24.0 Å². The molecule has 0 aliphatic carbocycles. The summed E-state index contributed by atoms with van der Waals surface area (Å²) in [6.07, 6.45) is 3.07. The zero-order valence-electron chi connectivity index (χ0n) is 18.4. The first-order valence-electron chi connectivity index (χ1n) is 10.8. The summed E-state index contributed by atoms with van der Waals surface area (Å²) in [5.74, 6) is 0.595. The summed E-state index contributed by atoms with van der Waals surface area (Å²) in [5, 5.41) is 9.53. The number of carbonyl (C=O) groups excluding carboxylic acids is 1. The zero-order chi connectivity index (χ0) is 21.2. The van der Waals surface area contributed by atoms with Crippen molar-refractivity contribution < 1.29 is 4.79 Å². The topological polar surface area (TPSA) is 68.8 Å². The number of guanidine groups is 1. The van der Waals surface area contributed by atoms with Gasteiger partial charge in [-0.1, -0.05) is 49.4 Å². The van der Waals surface area contributed by atoms with Crippen LogP contribution in [0.15, 0.2) is 59.6 Å². The third kappa shape index (κ3) is 8.49. The fourth-order valence-corrected chi connectivity index (χ4v) is 3.70. The number of nitrogens with zero attached hydrogens (tertiary/aromatic N) is 2. The number of piperidine rings is 1. The molecule has 2 aromatic carbocycles. The highest BCUT2D eigenvalue weighted by Crippen LogP contribution is 2.14. The molecule has 3 N–H and O–H groups in total. The summed E-state index contributed by atoms with van der Waals surface area (Å²) < 4.78 is 0. The number of halogens is 1. The number of carbonyl (C=O) groups is 1. The minimum atomic E-state index is -0.0797. The van der Waals surface area contributed by atoms with Gasteiger partial charge in [0.2, 0.25) is 5.91 Å². The van der Waals surface area contributed by atoms with E-state index < -0.39 is 0 Å². The van der Waals surface area contributed by atoms with Gasteiger partial charge in [0.15, 0.2) is 5.96 Å². The van der Waals surface area contributed by atoms with Gasteiger partial charge in [0, 0.05) is 38.4 Å². The number of rotatable bonds is 7. The van der Waals surface area contributed by atoms with Gasteiger partial charge in [-0.25, -0.2) is 0 Å². The quantitative estimate of drug-likeness (QED) is 0.288. The average molecular weight is 535 g/mol. The smallest absolute Gasteiger partial charge is 0.243 e. The van der Waals surface area contributed by atoms with E-state index in [0.717, 1.165) is 44.6 Å². The van der Waals surface area contributed by atoms with Gasteiger partial charge in [0.1, 0.15) is 0 Å². The monoisotopic (exact) mass is 535 g/mol. The van der Waals surface area contributed by atoms with Crippen molar-refractivity contribution in [3.63, 3.8) is 0 Å². The Bertz CT molecular complexity index is 835. The minimum Gasteiger partial charge on any atom is -0.354 e. The Hall–Kier alpha value is -2.13. The number of benzene rings is 2. The number of anilines is 1. The van der Waals surface area contributed by atoms with Crippen molar-refractivity contribution in [3.8, 4) is 0 Å². The van der Waals surface area contributed by atoms with Crippen molar-refractivity contribution >= 4 is 41.5 Å². The maximum absolute atomic E-state index is 12.3. The maximum atomic E-state index is 12.3. The summed E-state index contributed by atoms with van der Waals surface area (Å²) >= 11 is 0. The maximum Gasteiger partial charge on any atom is 0.243 e. The van der Waals surface area contributed by atoms with Crippen LogP contribution in [0.3, 0.4) is 0 Å². The Balaban J connectivity index is 0.00000341. The molecule has 1 amide bonds. The minimum absolute atomic E-state index is 0. The van der Waals surface area contributed by atoms with E-state index in [1.165, 1.54) is 11.1 Å². The van der Waals surface area contributed by atoms with Crippen molar-refractivity contribution in [2.45, 2.75) is 38.8 Å². The van der Waals surface area contributed by atoms with Gasteiger partial charge >= 0.3 is 0 Å². The Labute approximate surface area is 202 Å². The van der Waals surface area contributed by atoms with E-state index in [1.54, 1.807) is 7.05 Å². The second-order valence-electron chi connectivity index (χ2n) is 7.71. The lowest BCUT2D eigenvalue weighted by Crippen LogP contribution is -2.49. The summed E-state index contributed by atoms with van der Waals surface area (Å²) in [6, 6.07) is 18.9. The molecule has 2 aromatic rings. The molecule has 7 heteroatoms. The van der Waals surface area contributed by atoms with E-state index in [2.05, 4.69) is 69.2 Å². The highest BCUT2D eigenvalue weighted by atomic mass is 127. The fraction of sp³-hybridized carbons (Fsp3) is 0.417. The molecular weight excluding hydrogens is 501 g/mol. The number of likely N-dealkylation sites (tertiary alicyclic amines) is 1. The molecule has 1 fully saturated rings. The number of aryl methyl sites for hydroxylation is 1. The van der Waals surface area contributed by atoms with Crippen LogP contribution in [-0.4, -0.2) is 49.5 Å². The van der Waals surface area contributed by atoms with Gasteiger partial charge in [-0.2, -0.15) is 0 Å². The lowest BCUT2D eigenvalue weighted by atomic mass is 10.0. The number of hydrogen-bond donors (Lipinski definition) is 3. The third-order valence-electron chi connectivity index (χ3n) is 5.44. The molecule has 168 valence electrons. The summed E-state index contributed by atoms with van der Waals surface area (Å²) in [7, 11) is 1.74. The molecule has 0 unspecified atom stereocenters. The van der Waals surface area contributed by atoms with Gasteiger partial charge in [-0.3, -0.25) is 14.7 Å². The van der Waals surface area contributed by atoms with Crippen LogP contribution in [0.25, 0.3) is 0 Å². The second kappa shape index (κ2) is 13.3. The predicted molar refractivity (Wildman–Crippen MR) is 139 cm³/mol. The van der Waals surface area contributed by atoms with Crippen LogP contribution in [0.4, 0.5) is 5.69 Å². The Kier molecular flexibility index (Phi) is 10.8. The van der Waals surface area contributed by atoms with Gasteiger partial charge < -0.3 is 16.0 Å². The fourth-order valence-electron chi connectivity index (χ4n) is 3.70. The molecule has 0 atom stereocenters. The van der Waals surface area contributed by atoms with Crippen LogP contribution in [0.5, 0.6) is 0 Å². The van der Waals surface area contributed by atoms with E-state index in [4.69, 9.17) is 0 Å². The van der Waals surface area contributed by atoms with Crippen molar-refractivity contribution in [1.82, 2.24) is 15.5 Å². The van der Waals surface area contributed by atoms with E-state index in [1.807, 2.05) is 18.2 Å². The normalized spacial score (nSPS) is 15.1. The van der Waals surface area contributed by atoms with Crippen LogP contribution >= 0.6 is 24.0 Å². The lowest BCUT2D eigenvalue weighted by Gasteiger charge is -2.33. The highest BCUT2D eigenvalue weighted by Gasteiger charge is 2.20. The summed E-state index contributed by atoms with van der Waals surface area (Å²) in [4.78, 5) is 19.0. The molecule has 0 radical (unpaired) electrons. The van der Waals surface area contributed by atoms with E-state index >= 15 is 0 Å². The first kappa shape index (κ1) is 25.1. The summed E-state index contributed by atoms with van der Waals surface area (Å²) in [6.45, 7) is 5.39. The van der Waals surface area contributed by atoms with Gasteiger partial charge in [0.25, 0.3) is 0 Å². The third-order valence-corrected chi connectivity index (χ3v) is 5.44. The molecule has 1 aliphatic rings. The molecule has 0 bridgehead atoms. The van der Waals surface area contributed by atoms with Crippen LogP contribution < -0.4 is 16.0 Å². The van der Waals surface area contributed by atoms with Crippen molar-refractivity contribution in [2.75, 3.05) is 32.0 Å². The van der Waals surface area contributed by atoms with E-state index in [9.17, 15) is 4.79 Å². The Morgan fingerprint density at radius 2 is 1.77 bits per heavy atom. The second-order valence-corrected chi connectivity index (χ2v) is 7.71. The Morgan fingerprint density at radius 1 is 1.06 bits per heavy atom. The van der Waals surface area contributed by atoms with E-state index in [-0.39, 0.29) is 36.4 Å². The summed E-state index contributed by atoms with van der Waals surface area (Å²) in [5.41, 5.74) is 3.39. The molecular formula is C24H34IN5O. The first-order chi connectivity index (χ1) is 14.7. The molecule has 3 rings (SSSR count). The molecule has 1 saturated heterocycles. The Morgan fingerprint density at radius 3 is 2.45 bits per heavy atom. The number of aliphatic imine (C=N–C) groups is 1. The van der Waals surface area contributed by atoms with Crippen molar-refractivity contribution in [2.24, 2.45) is 4.99 Å². The zero-order valence-corrected chi connectivity index (χ0v) is 20.8. The van der Waals surface area contributed by atoms with Gasteiger partial charge in [0.05, 0.1) is 6.54 Å². The number of nitrogens with one attached hydrogen (secondary N) is 3. The lowest BCUT2D eigenvalue weighted by molar-refractivity contribution is -0.115. The number of amides is 1. The standard InChI is InChI=1S/C24H33N5O.HI/c1-3-19-10-7-11-22(16-19)27-23(30)17-26-24(25-2)28-21-12-14-29(15-13-21)18-20-8-5-4-6-9-20;/h4-11,16,21H,3,12-15,17-18H2,1-2H3,(H,27,30)(H2,25,26,28);1H. The van der Waals surface area contributed by atoms with Crippen LogP contribution in [0, 0.1) is 0 Å². The molecule has 0 saturated carbocycles. The molecule has 31 heavy (non-hydrogen) atoms. The van der Waals surface area contributed by atoms with Gasteiger partial charge in [-0.05, 0) is 42.5 Å². The molecule has 1 heterocycles. The number of hydrogen-bond acceptors (Lipinski definition) is 3. The van der Waals surface area contributed by atoms with E-state index in [0.29, 0.717) is 12.0 Å².